The van der Waals surface area contributed by atoms with Gasteiger partial charge in [0.15, 0.2) is 9.84 Å². The molecule has 1 atom stereocenters. The van der Waals surface area contributed by atoms with Gasteiger partial charge in [0.2, 0.25) is 0 Å². The standard InChI is InChI=1S/C20H19N3O5S/c1-20(15-6-8-17(9-7-15)29(2,26)27)18(24)23(19(25)22-20)10-11-28-16-5-3-4-14(12-16)13-21/h3-9,12H,10-11H2,1-2H3,(H,22,25). The topological polar surface area (TPSA) is 117 Å². The molecule has 2 aromatic rings. The Labute approximate surface area is 168 Å². The predicted molar refractivity (Wildman–Crippen MR) is 104 cm³/mol. The molecule has 0 spiro atoms. The molecular formula is C20H19N3O5S. The number of imide groups is 1. The van der Waals surface area contributed by atoms with E-state index in [0.29, 0.717) is 16.9 Å². The summed E-state index contributed by atoms with van der Waals surface area (Å²) in [4.78, 5) is 26.4. The van der Waals surface area contributed by atoms with E-state index in [1.165, 1.54) is 24.3 Å². The number of amides is 3. The molecule has 3 rings (SSSR count). The minimum Gasteiger partial charge on any atom is -0.492 e. The zero-order valence-electron chi connectivity index (χ0n) is 15.9. The second-order valence-electron chi connectivity index (χ2n) is 6.80. The van der Waals surface area contributed by atoms with Crippen LogP contribution in [-0.4, -0.2) is 44.7 Å². The van der Waals surface area contributed by atoms with Crippen molar-refractivity contribution in [2.75, 3.05) is 19.4 Å². The van der Waals surface area contributed by atoms with Gasteiger partial charge in [-0.1, -0.05) is 18.2 Å². The summed E-state index contributed by atoms with van der Waals surface area (Å²) in [5.41, 5.74) is -0.371. The first-order chi connectivity index (χ1) is 13.6. The smallest absolute Gasteiger partial charge is 0.325 e. The monoisotopic (exact) mass is 413 g/mol. The third-order valence-corrected chi connectivity index (χ3v) is 5.81. The number of hydrogen-bond acceptors (Lipinski definition) is 6. The molecule has 1 aliphatic heterocycles. The van der Waals surface area contributed by atoms with Crippen molar-refractivity contribution in [2.24, 2.45) is 0 Å². The third-order valence-electron chi connectivity index (χ3n) is 4.68. The fraction of sp³-hybridized carbons (Fsp3) is 0.250. The number of carbonyl (C=O) groups excluding carboxylic acids is 2. The second kappa shape index (κ2) is 7.56. The number of nitriles is 1. The van der Waals surface area contributed by atoms with Crippen molar-refractivity contribution >= 4 is 21.8 Å². The van der Waals surface area contributed by atoms with Crippen LogP contribution >= 0.6 is 0 Å². The highest BCUT2D eigenvalue weighted by atomic mass is 32.2. The van der Waals surface area contributed by atoms with Crippen LogP contribution in [0.2, 0.25) is 0 Å². The Bertz CT molecular complexity index is 1110. The summed E-state index contributed by atoms with van der Waals surface area (Å²) in [6.07, 6.45) is 1.10. The summed E-state index contributed by atoms with van der Waals surface area (Å²) in [7, 11) is -3.36. The van der Waals surface area contributed by atoms with E-state index in [2.05, 4.69) is 5.32 Å². The molecule has 3 amide bonds. The average Bonchev–Trinajstić information content (AvgIpc) is 2.91. The normalized spacial score (nSPS) is 19.0. The van der Waals surface area contributed by atoms with Gasteiger partial charge in [0, 0.05) is 6.26 Å². The van der Waals surface area contributed by atoms with Crippen LogP contribution in [0.25, 0.3) is 0 Å². The molecule has 0 aromatic heterocycles. The fourth-order valence-corrected chi connectivity index (χ4v) is 3.67. The Morgan fingerprint density at radius 3 is 2.48 bits per heavy atom. The highest BCUT2D eigenvalue weighted by Gasteiger charge is 2.48. The van der Waals surface area contributed by atoms with E-state index in [1.807, 2.05) is 6.07 Å². The van der Waals surface area contributed by atoms with E-state index in [4.69, 9.17) is 10.00 Å². The first kappa shape index (κ1) is 20.4. The van der Waals surface area contributed by atoms with Gasteiger partial charge in [-0.3, -0.25) is 9.69 Å². The molecule has 1 saturated heterocycles. The van der Waals surface area contributed by atoms with Gasteiger partial charge in [-0.15, -0.1) is 0 Å². The molecule has 150 valence electrons. The molecule has 1 heterocycles. The maximum atomic E-state index is 12.9. The van der Waals surface area contributed by atoms with Crippen LogP contribution in [0.1, 0.15) is 18.1 Å². The zero-order valence-corrected chi connectivity index (χ0v) is 16.7. The van der Waals surface area contributed by atoms with Crippen LogP contribution in [0, 0.1) is 11.3 Å². The first-order valence-corrected chi connectivity index (χ1v) is 10.6. The average molecular weight is 413 g/mol. The molecule has 8 nitrogen and oxygen atoms in total. The van der Waals surface area contributed by atoms with Crippen molar-refractivity contribution in [3.8, 4) is 11.8 Å². The van der Waals surface area contributed by atoms with Crippen molar-refractivity contribution < 1.29 is 22.7 Å². The van der Waals surface area contributed by atoms with E-state index in [9.17, 15) is 18.0 Å². The SMILES string of the molecule is CC1(c2ccc(S(C)(=O)=O)cc2)NC(=O)N(CCOc2cccc(C#N)c2)C1=O. The van der Waals surface area contributed by atoms with Gasteiger partial charge in [0.1, 0.15) is 17.9 Å². The van der Waals surface area contributed by atoms with Crippen molar-refractivity contribution in [3.05, 3.63) is 59.7 Å². The van der Waals surface area contributed by atoms with Gasteiger partial charge in [-0.05, 0) is 42.8 Å². The summed E-state index contributed by atoms with van der Waals surface area (Å²) in [6.45, 7) is 1.66. The quantitative estimate of drug-likeness (QED) is 0.722. The summed E-state index contributed by atoms with van der Waals surface area (Å²) in [6, 6.07) is 13.9. The van der Waals surface area contributed by atoms with Crippen LogP contribution in [0.3, 0.4) is 0 Å². The molecular weight excluding hydrogens is 394 g/mol. The summed E-state index contributed by atoms with van der Waals surface area (Å²) in [5.74, 6) is 0.0132. The molecule has 1 N–H and O–H groups in total. The zero-order chi connectivity index (χ0) is 21.2. The van der Waals surface area contributed by atoms with Gasteiger partial charge in [0.25, 0.3) is 5.91 Å². The minimum atomic E-state index is -3.36. The van der Waals surface area contributed by atoms with Gasteiger partial charge < -0.3 is 10.1 Å². The fourth-order valence-electron chi connectivity index (χ4n) is 3.04. The lowest BCUT2D eigenvalue weighted by atomic mass is 9.92. The number of benzene rings is 2. The molecule has 9 heteroatoms. The van der Waals surface area contributed by atoms with Crippen molar-refractivity contribution in [2.45, 2.75) is 17.4 Å². The van der Waals surface area contributed by atoms with Gasteiger partial charge in [-0.25, -0.2) is 13.2 Å². The van der Waals surface area contributed by atoms with E-state index < -0.39 is 27.3 Å². The van der Waals surface area contributed by atoms with Crippen LogP contribution in [0.15, 0.2) is 53.4 Å². The lowest BCUT2D eigenvalue weighted by Gasteiger charge is -2.22. The lowest BCUT2D eigenvalue weighted by Crippen LogP contribution is -2.41. The summed E-state index contributed by atoms with van der Waals surface area (Å²) in [5, 5.41) is 11.6. The number of ether oxygens (including phenoxy) is 1. The number of nitrogens with one attached hydrogen (secondary N) is 1. The number of hydrogen-bond donors (Lipinski definition) is 1. The maximum absolute atomic E-state index is 12.9. The van der Waals surface area contributed by atoms with Crippen LogP contribution in [-0.2, 0) is 20.2 Å². The lowest BCUT2D eigenvalue weighted by molar-refractivity contribution is -0.131. The Hall–Kier alpha value is -3.38. The van der Waals surface area contributed by atoms with Crippen LogP contribution < -0.4 is 10.1 Å². The maximum Gasteiger partial charge on any atom is 0.325 e. The molecule has 1 fully saturated rings. The molecule has 0 saturated carbocycles. The Morgan fingerprint density at radius 2 is 1.86 bits per heavy atom. The highest BCUT2D eigenvalue weighted by Crippen LogP contribution is 2.29. The van der Waals surface area contributed by atoms with E-state index in [-0.39, 0.29) is 18.0 Å². The number of nitrogens with zero attached hydrogens (tertiary/aromatic N) is 2. The van der Waals surface area contributed by atoms with Crippen LogP contribution in [0.4, 0.5) is 4.79 Å². The van der Waals surface area contributed by atoms with E-state index in [0.717, 1.165) is 11.2 Å². The predicted octanol–water partition coefficient (Wildman–Crippen LogP) is 1.81. The second-order valence-corrected chi connectivity index (χ2v) is 8.81. The van der Waals surface area contributed by atoms with Gasteiger partial charge in [0.05, 0.1) is 23.1 Å². The molecule has 0 bridgehead atoms. The van der Waals surface area contributed by atoms with Crippen molar-refractivity contribution in [1.29, 1.82) is 5.26 Å². The molecule has 2 aromatic carbocycles. The molecule has 0 aliphatic carbocycles. The van der Waals surface area contributed by atoms with E-state index >= 15 is 0 Å². The number of rotatable bonds is 6. The molecule has 1 aliphatic rings. The van der Waals surface area contributed by atoms with Gasteiger partial charge >= 0.3 is 6.03 Å². The number of sulfone groups is 1. The first-order valence-electron chi connectivity index (χ1n) is 8.73. The molecule has 1 unspecified atom stereocenters. The van der Waals surface area contributed by atoms with Crippen LogP contribution in [0.5, 0.6) is 5.75 Å². The molecule has 0 radical (unpaired) electrons. The highest BCUT2D eigenvalue weighted by molar-refractivity contribution is 7.90. The summed E-state index contributed by atoms with van der Waals surface area (Å²) >= 11 is 0. The van der Waals surface area contributed by atoms with E-state index in [1.54, 1.807) is 31.2 Å². The minimum absolute atomic E-state index is 0.0263. The number of urea groups is 1. The largest absolute Gasteiger partial charge is 0.492 e. The Morgan fingerprint density at radius 1 is 1.17 bits per heavy atom. The number of carbonyl (C=O) groups is 2. The Balaban J connectivity index is 1.71. The van der Waals surface area contributed by atoms with Crippen molar-refractivity contribution in [3.63, 3.8) is 0 Å². The third kappa shape index (κ3) is 4.07. The Kier molecular flexibility index (Phi) is 5.31. The van der Waals surface area contributed by atoms with Gasteiger partial charge in [-0.2, -0.15) is 5.26 Å². The molecule has 29 heavy (non-hydrogen) atoms. The summed E-state index contributed by atoms with van der Waals surface area (Å²) < 4.78 is 28.8. The van der Waals surface area contributed by atoms with Crippen molar-refractivity contribution in [1.82, 2.24) is 10.2 Å².